The largest absolute Gasteiger partial charge is 0.497 e. The molecule has 2 N–H and O–H groups in total. The van der Waals surface area contributed by atoms with Gasteiger partial charge in [0.05, 0.1) is 19.0 Å². The average molecular weight is 321 g/mol. The van der Waals surface area contributed by atoms with Gasteiger partial charge in [0, 0.05) is 16.0 Å². The number of aliphatic carboxylic acids is 2. The molecule has 1 aromatic heterocycles. The van der Waals surface area contributed by atoms with Gasteiger partial charge in [0.2, 0.25) is 0 Å². The van der Waals surface area contributed by atoms with Gasteiger partial charge in [0.1, 0.15) is 11.0 Å². The van der Waals surface area contributed by atoms with Crippen LogP contribution < -0.4 is 4.74 Å². The van der Waals surface area contributed by atoms with Crippen LogP contribution in [0.2, 0.25) is 0 Å². The lowest BCUT2D eigenvalue weighted by molar-refractivity contribution is -0.142. The first kappa shape index (κ1) is 16.1. The smallest absolute Gasteiger partial charge is 0.317 e. The molecule has 1 atom stereocenters. The van der Waals surface area contributed by atoms with E-state index in [1.54, 1.807) is 38.3 Å². The van der Waals surface area contributed by atoms with Crippen molar-refractivity contribution < 1.29 is 24.5 Å². The van der Waals surface area contributed by atoms with E-state index in [0.717, 1.165) is 22.8 Å². The van der Waals surface area contributed by atoms with Gasteiger partial charge in [-0.05, 0) is 31.2 Å². The molecule has 22 heavy (non-hydrogen) atoms. The van der Waals surface area contributed by atoms with E-state index in [9.17, 15) is 14.7 Å². The van der Waals surface area contributed by atoms with Gasteiger partial charge in [-0.15, -0.1) is 11.8 Å². The number of carboxylic acid groups (broad SMARTS) is 2. The third-order valence-corrected chi connectivity index (χ3v) is 4.26. The number of fused-ring (bicyclic) bond motifs is 1. The quantitative estimate of drug-likeness (QED) is 0.789. The van der Waals surface area contributed by atoms with E-state index in [-0.39, 0.29) is 0 Å². The van der Waals surface area contributed by atoms with E-state index in [1.807, 2.05) is 0 Å². The summed E-state index contributed by atoms with van der Waals surface area (Å²) < 4.78 is 5.18. The van der Waals surface area contributed by atoms with Gasteiger partial charge in [-0.2, -0.15) is 0 Å². The number of rotatable bonds is 6. The number of nitrogens with zero attached hydrogens (tertiary/aromatic N) is 1. The lowest BCUT2D eigenvalue weighted by Crippen LogP contribution is -2.20. The molecule has 0 radical (unpaired) electrons. The highest BCUT2D eigenvalue weighted by Gasteiger charge is 2.23. The van der Waals surface area contributed by atoms with Crippen LogP contribution in [-0.4, -0.2) is 39.5 Å². The minimum absolute atomic E-state index is 0.452. The van der Waals surface area contributed by atoms with Crippen molar-refractivity contribution in [3.63, 3.8) is 0 Å². The van der Waals surface area contributed by atoms with E-state index in [0.29, 0.717) is 16.2 Å². The fourth-order valence-corrected chi connectivity index (χ4v) is 3.18. The SMILES string of the molecule is COc1ccc2nc(C)cc(SC(CC(=O)O)C(=O)O)c2c1. The van der Waals surface area contributed by atoms with Crippen LogP contribution in [-0.2, 0) is 9.59 Å². The maximum atomic E-state index is 11.3. The average Bonchev–Trinajstić information content (AvgIpc) is 2.45. The van der Waals surface area contributed by atoms with Gasteiger partial charge >= 0.3 is 11.9 Å². The van der Waals surface area contributed by atoms with Crippen molar-refractivity contribution in [2.75, 3.05) is 7.11 Å². The summed E-state index contributed by atoms with van der Waals surface area (Å²) in [6.45, 7) is 1.81. The van der Waals surface area contributed by atoms with Crippen LogP contribution in [0, 0.1) is 6.92 Å². The Balaban J connectivity index is 2.48. The highest BCUT2D eigenvalue weighted by atomic mass is 32.2. The van der Waals surface area contributed by atoms with Gasteiger partial charge in [-0.3, -0.25) is 14.6 Å². The molecular weight excluding hydrogens is 306 g/mol. The van der Waals surface area contributed by atoms with Gasteiger partial charge in [-0.25, -0.2) is 0 Å². The molecule has 0 spiro atoms. The molecule has 0 aliphatic heterocycles. The number of benzene rings is 1. The van der Waals surface area contributed by atoms with Crippen molar-refractivity contribution in [1.82, 2.24) is 4.98 Å². The molecule has 1 aromatic carbocycles. The first-order valence-corrected chi connectivity index (χ1v) is 7.35. The summed E-state index contributed by atoms with van der Waals surface area (Å²) in [6, 6.07) is 7.08. The summed E-state index contributed by atoms with van der Waals surface area (Å²) in [6.07, 6.45) is -0.452. The number of methoxy groups -OCH3 is 1. The van der Waals surface area contributed by atoms with Gasteiger partial charge in [-0.1, -0.05) is 0 Å². The van der Waals surface area contributed by atoms with Crippen molar-refractivity contribution in [3.05, 3.63) is 30.0 Å². The van der Waals surface area contributed by atoms with Crippen LogP contribution in [0.3, 0.4) is 0 Å². The molecular formula is C15H15NO5S. The summed E-state index contributed by atoms with van der Waals surface area (Å²) in [4.78, 5) is 27.2. The molecule has 0 amide bonds. The van der Waals surface area contributed by atoms with E-state index in [2.05, 4.69) is 4.98 Å². The normalized spacial score (nSPS) is 12.1. The first-order valence-electron chi connectivity index (χ1n) is 6.47. The van der Waals surface area contributed by atoms with Gasteiger partial charge in [0.25, 0.3) is 0 Å². The fourth-order valence-electron chi connectivity index (χ4n) is 2.02. The monoisotopic (exact) mass is 321 g/mol. The number of hydrogen-bond donors (Lipinski definition) is 2. The highest BCUT2D eigenvalue weighted by Crippen LogP contribution is 2.34. The Kier molecular flexibility index (Phi) is 4.87. The van der Waals surface area contributed by atoms with Crippen LogP contribution >= 0.6 is 11.8 Å². The molecule has 0 aliphatic rings. The first-order chi connectivity index (χ1) is 10.4. The number of aromatic nitrogens is 1. The Labute approximate surface area is 131 Å². The Morgan fingerprint density at radius 2 is 2.05 bits per heavy atom. The second-order valence-electron chi connectivity index (χ2n) is 4.69. The molecule has 0 aliphatic carbocycles. The van der Waals surface area contributed by atoms with Crippen LogP contribution in [0.5, 0.6) is 5.75 Å². The zero-order valence-electron chi connectivity index (χ0n) is 12.1. The summed E-state index contributed by atoms with van der Waals surface area (Å²) in [5, 5.41) is 17.7. The Morgan fingerprint density at radius 3 is 2.64 bits per heavy atom. The van der Waals surface area contributed by atoms with Crippen LogP contribution in [0.1, 0.15) is 12.1 Å². The minimum atomic E-state index is -1.15. The third-order valence-electron chi connectivity index (χ3n) is 3.01. The Hall–Kier alpha value is -2.28. The molecule has 7 heteroatoms. The van der Waals surface area contributed by atoms with E-state index in [1.165, 1.54) is 0 Å². The van der Waals surface area contributed by atoms with Crippen molar-refractivity contribution in [1.29, 1.82) is 0 Å². The standard InChI is InChI=1S/C15H15NO5S/c1-8-5-12(22-13(15(19)20)7-14(17)18)10-6-9(21-2)3-4-11(10)16-8/h3-6,13H,7H2,1-2H3,(H,17,18)(H,19,20). The molecule has 6 nitrogen and oxygen atoms in total. The van der Waals surface area contributed by atoms with Crippen molar-refractivity contribution in [2.45, 2.75) is 23.5 Å². The summed E-state index contributed by atoms with van der Waals surface area (Å²) >= 11 is 1.01. The lowest BCUT2D eigenvalue weighted by Gasteiger charge is -2.13. The maximum absolute atomic E-state index is 11.3. The van der Waals surface area contributed by atoms with Crippen molar-refractivity contribution in [3.8, 4) is 5.75 Å². The predicted molar refractivity (Wildman–Crippen MR) is 82.6 cm³/mol. The molecule has 116 valence electrons. The molecule has 0 saturated heterocycles. The lowest BCUT2D eigenvalue weighted by atomic mass is 10.2. The summed E-state index contributed by atoms with van der Waals surface area (Å²) in [5.41, 5.74) is 1.45. The predicted octanol–water partition coefficient (Wildman–Crippen LogP) is 2.57. The van der Waals surface area contributed by atoms with Crippen molar-refractivity contribution >= 4 is 34.6 Å². The van der Waals surface area contributed by atoms with Gasteiger partial charge < -0.3 is 14.9 Å². The zero-order chi connectivity index (χ0) is 16.3. The highest BCUT2D eigenvalue weighted by molar-refractivity contribution is 8.00. The number of carbonyl (C=O) groups is 2. The molecule has 0 saturated carbocycles. The molecule has 2 rings (SSSR count). The minimum Gasteiger partial charge on any atom is -0.497 e. The molecule has 0 bridgehead atoms. The number of aryl methyl sites for hydroxylation is 1. The molecule has 1 unspecified atom stereocenters. The Bertz CT molecular complexity index is 731. The fraction of sp³-hybridized carbons (Fsp3) is 0.267. The van der Waals surface area contributed by atoms with Gasteiger partial charge in [0.15, 0.2) is 0 Å². The number of carboxylic acids is 2. The number of ether oxygens (including phenoxy) is 1. The summed E-state index contributed by atoms with van der Waals surface area (Å²) in [5.74, 6) is -1.67. The number of thioether (sulfide) groups is 1. The topological polar surface area (TPSA) is 96.7 Å². The van der Waals surface area contributed by atoms with Crippen LogP contribution in [0.4, 0.5) is 0 Å². The zero-order valence-corrected chi connectivity index (χ0v) is 12.9. The van der Waals surface area contributed by atoms with E-state index >= 15 is 0 Å². The van der Waals surface area contributed by atoms with E-state index < -0.39 is 23.6 Å². The second kappa shape index (κ2) is 6.65. The molecule has 1 heterocycles. The van der Waals surface area contributed by atoms with E-state index in [4.69, 9.17) is 9.84 Å². The number of hydrogen-bond acceptors (Lipinski definition) is 5. The molecule has 2 aromatic rings. The van der Waals surface area contributed by atoms with Crippen LogP contribution in [0.15, 0.2) is 29.2 Å². The van der Waals surface area contributed by atoms with Crippen molar-refractivity contribution in [2.24, 2.45) is 0 Å². The van der Waals surface area contributed by atoms with Crippen LogP contribution in [0.25, 0.3) is 10.9 Å². The summed E-state index contributed by atoms with van der Waals surface area (Å²) in [7, 11) is 1.54. The maximum Gasteiger partial charge on any atom is 0.317 e. The number of pyridine rings is 1. The second-order valence-corrected chi connectivity index (χ2v) is 5.93. The third kappa shape index (κ3) is 3.67. The Morgan fingerprint density at radius 1 is 1.32 bits per heavy atom. The molecule has 0 fully saturated rings.